The maximum absolute atomic E-state index is 12.9. The fourth-order valence-corrected chi connectivity index (χ4v) is 4.56. The fourth-order valence-electron chi connectivity index (χ4n) is 4.30. The smallest absolute Gasteiger partial charge is 0.412 e. The largest absolute Gasteiger partial charge is 0.480 e. The summed E-state index contributed by atoms with van der Waals surface area (Å²) >= 11 is 3.36. The van der Waals surface area contributed by atoms with E-state index in [1.165, 1.54) is 0 Å². The molecule has 4 rings (SSSR count). The Hall–Kier alpha value is -4.44. The van der Waals surface area contributed by atoms with Gasteiger partial charge in [-0.25, -0.2) is 9.59 Å². The van der Waals surface area contributed by atoms with Crippen LogP contribution >= 0.6 is 15.9 Å². The number of aryl methyl sites for hydroxylation is 2. The predicted octanol–water partition coefficient (Wildman–Crippen LogP) is 5.89. The molecule has 9 nitrogen and oxygen atoms in total. The number of anilines is 1. The van der Waals surface area contributed by atoms with Crippen LogP contribution in [0.15, 0.2) is 83.3 Å². The van der Waals surface area contributed by atoms with Gasteiger partial charge in [0.2, 0.25) is 0 Å². The van der Waals surface area contributed by atoms with Gasteiger partial charge in [0.25, 0.3) is 5.91 Å². The van der Waals surface area contributed by atoms with Crippen LogP contribution in [0.1, 0.15) is 40.2 Å². The first kappa shape index (κ1) is 28.6. The number of amides is 2. The molecule has 0 bridgehead atoms. The van der Waals surface area contributed by atoms with E-state index in [0.29, 0.717) is 28.2 Å². The second-order valence-corrected chi connectivity index (χ2v) is 10.2. The van der Waals surface area contributed by atoms with Crippen LogP contribution in [-0.4, -0.2) is 38.9 Å². The van der Waals surface area contributed by atoms with Gasteiger partial charge >= 0.3 is 12.1 Å². The number of nitrogens with one attached hydrogen (secondary N) is 2. The minimum Gasteiger partial charge on any atom is -0.480 e. The minimum atomic E-state index is -1.12. The van der Waals surface area contributed by atoms with Crippen LogP contribution in [0.4, 0.5) is 10.5 Å². The monoisotopic (exact) mass is 604 g/mol. The van der Waals surface area contributed by atoms with Gasteiger partial charge in [0.15, 0.2) is 0 Å². The Bertz CT molecular complexity index is 1500. The number of carboxylic acids is 1. The normalized spacial score (nSPS) is 12.3. The molecule has 0 aliphatic heterocycles. The van der Waals surface area contributed by atoms with Crippen molar-refractivity contribution in [3.05, 3.63) is 106 Å². The highest BCUT2D eigenvalue weighted by Gasteiger charge is 2.23. The molecule has 40 heavy (non-hydrogen) atoms. The van der Waals surface area contributed by atoms with Crippen molar-refractivity contribution in [2.75, 3.05) is 5.32 Å². The van der Waals surface area contributed by atoms with Crippen LogP contribution < -0.4 is 10.6 Å². The second kappa shape index (κ2) is 12.6. The molecule has 4 aromatic rings. The maximum Gasteiger partial charge on any atom is 0.412 e. The molecule has 2 atom stereocenters. The highest BCUT2D eigenvalue weighted by atomic mass is 79.9. The molecule has 0 fully saturated rings. The number of nitrogens with zero attached hydrogens (tertiary/aromatic N) is 2. The van der Waals surface area contributed by atoms with Gasteiger partial charge in [-0.2, -0.15) is 5.10 Å². The van der Waals surface area contributed by atoms with Crippen molar-refractivity contribution in [3.8, 4) is 11.3 Å². The van der Waals surface area contributed by atoms with E-state index in [1.54, 1.807) is 62.0 Å². The van der Waals surface area contributed by atoms with Crippen LogP contribution in [0, 0.1) is 6.92 Å². The number of carboxylic acid groups (broad SMARTS) is 1. The standard InChI is InChI=1S/C30H29BrN4O5/c1-18-26(33-30(39)40-19(2)21-7-5-4-6-8-21)27(35(3)34-18)22-11-13-23(14-12-22)28(36)32-25(29(37)38)17-20-9-15-24(31)16-10-20/h4-16,19,25H,17H2,1-3H3,(H,32,36)(H,33,39)(H,37,38)/t19-,25?/m1/s1. The molecule has 2 amide bonds. The molecule has 1 heterocycles. The summed E-state index contributed by atoms with van der Waals surface area (Å²) in [5.41, 5.74) is 4.39. The lowest BCUT2D eigenvalue weighted by atomic mass is 10.0. The van der Waals surface area contributed by atoms with Crippen LogP contribution in [0.3, 0.4) is 0 Å². The lowest BCUT2D eigenvalue weighted by Gasteiger charge is -2.16. The van der Waals surface area contributed by atoms with Gasteiger partial charge in [-0.15, -0.1) is 0 Å². The average molecular weight is 605 g/mol. The predicted molar refractivity (Wildman–Crippen MR) is 155 cm³/mol. The van der Waals surface area contributed by atoms with Gasteiger partial charge in [-0.1, -0.05) is 70.5 Å². The molecule has 206 valence electrons. The van der Waals surface area contributed by atoms with Gasteiger partial charge in [0.1, 0.15) is 12.1 Å². The highest BCUT2D eigenvalue weighted by Crippen LogP contribution is 2.31. The van der Waals surface area contributed by atoms with E-state index in [1.807, 2.05) is 42.5 Å². The topological polar surface area (TPSA) is 123 Å². The molecular formula is C30H29BrN4O5. The molecule has 0 aliphatic rings. The Balaban J connectivity index is 1.47. The molecule has 3 aromatic carbocycles. The number of benzene rings is 3. The summed E-state index contributed by atoms with van der Waals surface area (Å²) in [5, 5.41) is 19.5. The maximum atomic E-state index is 12.9. The number of hydrogen-bond acceptors (Lipinski definition) is 5. The third-order valence-electron chi connectivity index (χ3n) is 6.38. The van der Waals surface area contributed by atoms with E-state index in [-0.39, 0.29) is 6.42 Å². The summed E-state index contributed by atoms with van der Waals surface area (Å²) in [6.45, 7) is 3.57. The summed E-state index contributed by atoms with van der Waals surface area (Å²) in [5.74, 6) is -1.63. The van der Waals surface area contributed by atoms with Gasteiger partial charge in [-0.05, 0) is 49.2 Å². The number of hydrogen-bond donors (Lipinski definition) is 3. The van der Waals surface area contributed by atoms with Crippen molar-refractivity contribution in [1.82, 2.24) is 15.1 Å². The lowest BCUT2D eigenvalue weighted by Crippen LogP contribution is -2.42. The number of aliphatic carboxylic acids is 1. The highest BCUT2D eigenvalue weighted by molar-refractivity contribution is 9.10. The number of rotatable bonds is 9. The average Bonchev–Trinajstić information content (AvgIpc) is 3.21. The van der Waals surface area contributed by atoms with Crippen molar-refractivity contribution >= 4 is 39.6 Å². The Kier molecular flexibility index (Phi) is 9.00. The van der Waals surface area contributed by atoms with E-state index in [0.717, 1.165) is 15.6 Å². The SMILES string of the molecule is Cc1nn(C)c(-c2ccc(C(=O)NC(Cc3ccc(Br)cc3)C(=O)O)cc2)c1NC(=O)O[C@H](C)c1ccccc1. The molecule has 10 heteroatoms. The Morgan fingerprint density at radius 3 is 2.27 bits per heavy atom. The van der Waals surface area contributed by atoms with E-state index >= 15 is 0 Å². The molecule has 3 N–H and O–H groups in total. The van der Waals surface area contributed by atoms with Crippen molar-refractivity contribution in [2.24, 2.45) is 7.05 Å². The molecule has 0 saturated carbocycles. The number of halogens is 1. The number of carbonyl (C=O) groups is 3. The quantitative estimate of drug-likeness (QED) is 0.219. The summed E-state index contributed by atoms with van der Waals surface area (Å²) in [6.07, 6.45) is -0.914. The fraction of sp³-hybridized carbons (Fsp3) is 0.200. The molecule has 1 aromatic heterocycles. The van der Waals surface area contributed by atoms with Crippen LogP contribution in [0.25, 0.3) is 11.3 Å². The van der Waals surface area contributed by atoms with Gasteiger partial charge in [-0.3, -0.25) is 14.8 Å². The molecule has 0 saturated heterocycles. The van der Waals surface area contributed by atoms with E-state index in [4.69, 9.17) is 4.74 Å². The van der Waals surface area contributed by atoms with Gasteiger partial charge in [0, 0.05) is 29.1 Å². The molecule has 0 spiro atoms. The first-order chi connectivity index (χ1) is 19.1. The van der Waals surface area contributed by atoms with Crippen molar-refractivity contribution in [3.63, 3.8) is 0 Å². The summed E-state index contributed by atoms with van der Waals surface area (Å²) in [4.78, 5) is 37.4. The van der Waals surface area contributed by atoms with Crippen molar-refractivity contribution in [1.29, 1.82) is 0 Å². The van der Waals surface area contributed by atoms with Crippen molar-refractivity contribution < 1.29 is 24.2 Å². The summed E-state index contributed by atoms with van der Waals surface area (Å²) in [6, 6.07) is 22.2. The van der Waals surface area contributed by atoms with Gasteiger partial charge < -0.3 is 15.2 Å². The lowest BCUT2D eigenvalue weighted by molar-refractivity contribution is -0.139. The van der Waals surface area contributed by atoms with Crippen LogP contribution in [0.2, 0.25) is 0 Å². The number of ether oxygens (including phenoxy) is 1. The molecular weight excluding hydrogens is 576 g/mol. The molecule has 0 radical (unpaired) electrons. The first-order valence-corrected chi connectivity index (χ1v) is 13.4. The Morgan fingerprint density at radius 2 is 1.65 bits per heavy atom. The first-order valence-electron chi connectivity index (χ1n) is 12.6. The zero-order valence-electron chi connectivity index (χ0n) is 22.2. The zero-order valence-corrected chi connectivity index (χ0v) is 23.8. The molecule has 1 unspecified atom stereocenters. The Labute approximate surface area is 240 Å². The van der Waals surface area contributed by atoms with E-state index < -0.39 is 30.1 Å². The van der Waals surface area contributed by atoms with Crippen LogP contribution in [0.5, 0.6) is 0 Å². The summed E-state index contributed by atoms with van der Waals surface area (Å²) in [7, 11) is 1.76. The zero-order chi connectivity index (χ0) is 28.8. The second-order valence-electron chi connectivity index (χ2n) is 9.29. The number of aromatic nitrogens is 2. The van der Waals surface area contributed by atoms with Crippen molar-refractivity contribution in [2.45, 2.75) is 32.4 Å². The van der Waals surface area contributed by atoms with E-state index in [9.17, 15) is 19.5 Å². The third kappa shape index (κ3) is 6.95. The van der Waals surface area contributed by atoms with Crippen LogP contribution in [-0.2, 0) is 23.0 Å². The third-order valence-corrected chi connectivity index (χ3v) is 6.91. The van der Waals surface area contributed by atoms with Gasteiger partial charge in [0.05, 0.1) is 17.1 Å². The minimum absolute atomic E-state index is 0.148. The molecule has 0 aliphatic carbocycles. The number of carbonyl (C=O) groups excluding carboxylic acids is 2. The summed E-state index contributed by atoms with van der Waals surface area (Å²) < 4.78 is 8.08. The van der Waals surface area contributed by atoms with E-state index in [2.05, 4.69) is 31.7 Å². The Morgan fingerprint density at radius 1 is 1.00 bits per heavy atom.